The summed E-state index contributed by atoms with van der Waals surface area (Å²) in [6.45, 7) is 7.74. The summed E-state index contributed by atoms with van der Waals surface area (Å²) in [6.07, 6.45) is 0.306. The van der Waals surface area contributed by atoms with Crippen LogP contribution in [0, 0.1) is 23.7 Å². The summed E-state index contributed by atoms with van der Waals surface area (Å²) < 4.78 is 37.5. The molecule has 2 aromatic heterocycles. The van der Waals surface area contributed by atoms with E-state index in [1.165, 1.54) is 4.90 Å². The van der Waals surface area contributed by atoms with Crippen LogP contribution in [0.5, 0.6) is 11.5 Å². The Balaban J connectivity index is 0.000000202. The van der Waals surface area contributed by atoms with Crippen LogP contribution in [0.3, 0.4) is 0 Å². The molecular formula is C50H54N6O12. The Labute approximate surface area is 393 Å². The van der Waals surface area contributed by atoms with Crippen molar-refractivity contribution in [3.05, 3.63) is 132 Å². The third-order valence-electron chi connectivity index (χ3n) is 11.4. The molecule has 18 nitrogen and oxygen atoms in total. The second kappa shape index (κ2) is 23.6. The molecule has 0 saturated carbocycles. The lowest BCUT2D eigenvalue weighted by Gasteiger charge is -2.17. The molecular weight excluding hydrogens is 877 g/mol. The van der Waals surface area contributed by atoms with Crippen LogP contribution in [0.15, 0.2) is 118 Å². The van der Waals surface area contributed by atoms with Crippen molar-refractivity contribution in [3.63, 3.8) is 0 Å². The first-order valence-corrected chi connectivity index (χ1v) is 22.5. The average molecular weight is 931 g/mol. The zero-order valence-corrected chi connectivity index (χ0v) is 38.1. The van der Waals surface area contributed by atoms with E-state index in [9.17, 15) is 24.3 Å². The molecule has 6 aromatic rings. The highest BCUT2D eigenvalue weighted by atomic mass is 16.6. The Morgan fingerprint density at radius 2 is 0.971 bits per heavy atom. The van der Waals surface area contributed by atoms with Gasteiger partial charge in [0.15, 0.2) is 13.2 Å². The fourth-order valence-electron chi connectivity index (χ4n) is 8.05. The maximum atomic E-state index is 12.5. The SMILES string of the molecule is CCOC(=O)N1C[C@@H](Cc2ccc(OCc3noc(-c4ccccc4)n3)cc2)[C@@H](C(=O)O)C1.CCOC(=O)[C@H]1CN(C(=O)OCC)C[C@H]1Cc1ccc(OCc2noc(-c3ccccc3)n2)cc1. The Kier molecular flexibility index (Phi) is 16.7. The standard InChI is InChI=1S/C26H29N3O6.C24H25N3O6/c1-3-32-25(30)22-16-29(26(31)33-4-2)15-20(22)14-18-10-12-21(13-11-18)34-17-23-27-24(35-28-23)19-8-6-5-7-9-19;1-2-31-24(30)27-13-18(20(14-27)23(28)29)12-16-8-10-19(11-9-16)32-15-21-25-22(33-26-21)17-6-4-3-5-7-17/h5-13,20,22H,3-4,14-17H2,1-2H3;3-11,18,20H,2,12-15H2,1H3,(H,28,29)/t20-,22+;18-,20+/m11/s1. The summed E-state index contributed by atoms with van der Waals surface area (Å²) in [7, 11) is 0. The number of carbonyl (C=O) groups excluding carboxylic acids is 3. The summed E-state index contributed by atoms with van der Waals surface area (Å²) in [4.78, 5) is 60.1. The van der Waals surface area contributed by atoms with E-state index in [4.69, 9.17) is 32.7 Å². The summed E-state index contributed by atoms with van der Waals surface area (Å²) in [6, 6.07) is 34.1. The Hall–Kier alpha value is -7.76. The third-order valence-corrected chi connectivity index (χ3v) is 11.4. The molecule has 2 amide bonds. The Morgan fingerprint density at radius 1 is 0.559 bits per heavy atom. The molecule has 0 radical (unpaired) electrons. The minimum atomic E-state index is -0.901. The molecule has 0 bridgehead atoms. The smallest absolute Gasteiger partial charge is 0.409 e. The number of aliphatic carboxylic acids is 1. The molecule has 68 heavy (non-hydrogen) atoms. The van der Waals surface area contributed by atoms with Gasteiger partial charge in [-0.1, -0.05) is 71.0 Å². The lowest BCUT2D eigenvalue weighted by atomic mass is 9.90. The number of carboxylic acids is 1. The van der Waals surface area contributed by atoms with E-state index in [0.717, 1.165) is 22.3 Å². The van der Waals surface area contributed by atoms with E-state index in [1.807, 2.05) is 109 Å². The maximum Gasteiger partial charge on any atom is 0.409 e. The molecule has 2 fully saturated rings. The average Bonchev–Trinajstić information content (AvgIpc) is 4.20. The van der Waals surface area contributed by atoms with Gasteiger partial charge in [-0.25, -0.2) is 9.59 Å². The van der Waals surface area contributed by atoms with Crippen LogP contribution in [-0.2, 0) is 49.9 Å². The minimum absolute atomic E-state index is 0.0547. The van der Waals surface area contributed by atoms with Gasteiger partial charge in [-0.15, -0.1) is 0 Å². The second-order valence-corrected chi connectivity index (χ2v) is 16.1. The summed E-state index contributed by atoms with van der Waals surface area (Å²) in [5.41, 5.74) is 3.70. The van der Waals surface area contributed by atoms with E-state index in [2.05, 4.69) is 20.3 Å². The number of rotatable bonds is 17. The number of esters is 1. The largest absolute Gasteiger partial charge is 0.485 e. The highest BCUT2D eigenvalue weighted by Crippen LogP contribution is 2.31. The third kappa shape index (κ3) is 13.0. The molecule has 0 unspecified atom stereocenters. The predicted molar refractivity (Wildman–Crippen MR) is 244 cm³/mol. The van der Waals surface area contributed by atoms with Crippen molar-refractivity contribution in [2.24, 2.45) is 23.7 Å². The quantitative estimate of drug-likeness (QED) is 0.0682. The molecule has 0 spiro atoms. The number of amides is 2. The van der Waals surface area contributed by atoms with Crippen LogP contribution in [0.2, 0.25) is 0 Å². The maximum absolute atomic E-state index is 12.5. The molecule has 1 N–H and O–H groups in total. The summed E-state index contributed by atoms with van der Waals surface area (Å²) in [5.74, 6) is 0.657. The fraction of sp³-hybridized carbons (Fsp3) is 0.360. The zero-order chi connectivity index (χ0) is 47.8. The van der Waals surface area contributed by atoms with Crippen molar-refractivity contribution < 1.29 is 57.0 Å². The Morgan fingerprint density at radius 3 is 1.38 bits per heavy atom. The molecule has 0 aliphatic carbocycles. The van der Waals surface area contributed by atoms with Crippen molar-refractivity contribution in [1.29, 1.82) is 0 Å². The molecule has 8 rings (SSSR count). The van der Waals surface area contributed by atoms with E-state index >= 15 is 0 Å². The van der Waals surface area contributed by atoms with Crippen molar-refractivity contribution in [2.45, 2.75) is 46.8 Å². The van der Waals surface area contributed by atoms with Gasteiger partial charge in [0.25, 0.3) is 11.8 Å². The van der Waals surface area contributed by atoms with E-state index in [0.29, 0.717) is 80.6 Å². The molecule has 4 aromatic carbocycles. The first-order chi connectivity index (χ1) is 33.1. The predicted octanol–water partition coefficient (Wildman–Crippen LogP) is 7.77. The van der Waals surface area contributed by atoms with E-state index < -0.39 is 24.1 Å². The molecule has 2 aliphatic heterocycles. The van der Waals surface area contributed by atoms with Gasteiger partial charge >= 0.3 is 24.1 Å². The monoisotopic (exact) mass is 930 g/mol. The highest BCUT2D eigenvalue weighted by Gasteiger charge is 2.42. The lowest BCUT2D eigenvalue weighted by Crippen LogP contribution is -2.30. The van der Waals surface area contributed by atoms with Crippen molar-refractivity contribution in [3.8, 4) is 34.4 Å². The van der Waals surface area contributed by atoms with Crippen LogP contribution in [0.4, 0.5) is 9.59 Å². The fourth-order valence-corrected chi connectivity index (χ4v) is 8.05. The number of ether oxygens (including phenoxy) is 5. The van der Waals surface area contributed by atoms with Crippen LogP contribution < -0.4 is 9.47 Å². The van der Waals surface area contributed by atoms with Gasteiger partial charge in [0.05, 0.1) is 31.7 Å². The van der Waals surface area contributed by atoms with Crippen LogP contribution >= 0.6 is 0 Å². The van der Waals surface area contributed by atoms with E-state index in [1.54, 1.807) is 25.7 Å². The number of aromatic nitrogens is 4. The van der Waals surface area contributed by atoms with Crippen molar-refractivity contribution >= 4 is 24.1 Å². The molecule has 356 valence electrons. The van der Waals surface area contributed by atoms with Crippen LogP contribution in [0.25, 0.3) is 22.9 Å². The zero-order valence-electron chi connectivity index (χ0n) is 38.1. The molecule has 4 atom stereocenters. The topological polar surface area (TPSA) is 219 Å². The normalized spacial score (nSPS) is 17.5. The van der Waals surface area contributed by atoms with Crippen molar-refractivity contribution in [1.82, 2.24) is 30.1 Å². The lowest BCUT2D eigenvalue weighted by molar-refractivity contribution is -0.148. The van der Waals surface area contributed by atoms with Gasteiger partial charge in [0.1, 0.15) is 11.5 Å². The highest BCUT2D eigenvalue weighted by molar-refractivity contribution is 5.76. The minimum Gasteiger partial charge on any atom is -0.485 e. The number of carbonyl (C=O) groups is 4. The second-order valence-electron chi connectivity index (χ2n) is 16.1. The number of hydrogen-bond donors (Lipinski definition) is 1. The van der Waals surface area contributed by atoms with Crippen LogP contribution in [0.1, 0.15) is 43.5 Å². The van der Waals surface area contributed by atoms with Gasteiger partial charge < -0.3 is 47.6 Å². The van der Waals surface area contributed by atoms with Gasteiger partial charge in [-0.3, -0.25) is 9.59 Å². The van der Waals surface area contributed by atoms with Gasteiger partial charge in [0, 0.05) is 37.3 Å². The van der Waals surface area contributed by atoms with Crippen LogP contribution in [-0.4, -0.2) is 105 Å². The number of nitrogens with zero attached hydrogens (tertiary/aromatic N) is 6. The molecule has 2 saturated heterocycles. The number of benzene rings is 4. The first kappa shape index (κ1) is 48.2. The summed E-state index contributed by atoms with van der Waals surface area (Å²) in [5, 5.41) is 17.5. The number of hydrogen-bond acceptors (Lipinski definition) is 15. The van der Waals surface area contributed by atoms with Gasteiger partial charge in [-0.2, -0.15) is 9.97 Å². The van der Waals surface area contributed by atoms with E-state index in [-0.39, 0.29) is 50.1 Å². The van der Waals surface area contributed by atoms with Crippen molar-refractivity contribution in [2.75, 3.05) is 46.0 Å². The molecule has 18 heteroatoms. The summed E-state index contributed by atoms with van der Waals surface area (Å²) >= 11 is 0. The first-order valence-electron chi connectivity index (χ1n) is 22.5. The number of carboxylic acid groups (broad SMARTS) is 1. The number of likely N-dealkylation sites (tertiary alicyclic amines) is 2. The molecule has 4 heterocycles. The van der Waals surface area contributed by atoms with Gasteiger partial charge in [-0.05, 0) is 105 Å². The molecule has 2 aliphatic rings. The van der Waals surface area contributed by atoms with Gasteiger partial charge in [0.2, 0.25) is 11.6 Å². The Bertz CT molecular complexity index is 2550.